The number of alkyl halides is 3. The van der Waals surface area contributed by atoms with Crippen LogP contribution in [-0.4, -0.2) is 31.1 Å². The number of benzene rings is 3. The molecule has 1 aliphatic rings. The fraction of sp³-hybridized carbons (Fsp3) is 0.115. The monoisotopic (exact) mass is 610 g/mol. The van der Waals surface area contributed by atoms with Crippen LogP contribution in [0.25, 0.3) is 6.08 Å². The van der Waals surface area contributed by atoms with Crippen molar-refractivity contribution in [3.05, 3.63) is 105 Å². The number of halogens is 4. The third-order valence-corrected chi connectivity index (χ3v) is 7.38. The maximum absolute atomic E-state index is 12.9. The Morgan fingerprint density at radius 3 is 2.30 bits per heavy atom. The maximum Gasteiger partial charge on any atom is 0.266 e. The lowest BCUT2D eigenvalue weighted by molar-refractivity contribution is -0.122. The van der Waals surface area contributed by atoms with E-state index in [1.165, 1.54) is 11.8 Å². The van der Waals surface area contributed by atoms with Crippen LogP contribution in [0.2, 0.25) is 5.02 Å². The van der Waals surface area contributed by atoms with Crippen molar-refractivity contribution in [3.8, 4) is 5.75 Å². The standard InChI is InChI=1S/C26H18Cl4N2O3S2/c27-19-10-8-18(9-11-19)22(33)31-24(26(28,29)30)35-20-12-6-16(7-13-20)14-21-23(34)32(25(36)37-21)15-17-4-2-1-3-5-17/h1-14,24H,15H2,(H,31,33)/b21-14-. The van der Waals surface area contributed by atoms with E-state index in [0.717, 1.165) is 11.1 Å². The molecule has 3 aromatic carbocycles. The highest BCUT2D eigenvalue weighted by molar-refractivity contribution is 8.26. The van der Waals surface area contributed by atoms with E-state index in [1.54, 1.807) is 59.5 Å². The number of thiocarbonyl (C=S) groups is 1. The Morgan fingerprint density at radius 2 is 1.68 bits per heavy atom. The first kappa shape index (κ1) is 27.8. The number of rotatable bonds is 7. The molecule has 1 N–H and O–H groups in total. The van der Waals surface area contributed by atoms with E-state index in [1.807, 2.05) is 30.3 Å². The first-order valence-electron chi connectivity index (χ1n) is 10.8. The summed E-state index contributed by atoms with van der Waals surface area (Å²) in [5, 5.41) is 3.06. The Hall–Kier alpha value is -2.26. The number of hydrogen-bond donors (Lipinski definition) is 1. The van der Waals surface area contributed by atoms with Crippen molar-refractivity contribution >= 4 is 92.6 Å². The molecule has 0 spiro atoms. The lowest BCUT2D eigenvalue weighted by Gasteiger charge is -2.26. The largest absolute Gasteiger partial charge is 0.466 e. The minimum atomic E-state index is -1.95. The lowest BCUT2D eigenvalue weighted by Crippen LogP contribution is -2.47. The van der Waals surface area contributed by atoms with Gasteiger partial charge in [-0.25, -0.2) is 0 Å². The number of nitrogens with zero attached hydrogens (tertiary/aromatic N) is 1. The molecule has 0 aromatic heterocycles. The van der Waals surface area contributed by atoms with E-state index >= 15 is 0 Å². The summed E-state index contributed by atoms with van der Waals surface area (Å²) in [7, 11) is 0. The molecule has 11 heteroatoms. The number of hydrogen-bond acceptors (Lipinski definition) is 5. The molecule has 190 valence electrons. The number of amides is 2. The van der Waals surface area contributed by atoms with Crippen molar-refractivity contribution in [3.63, 3.8) is 0 Å². The maximum atomic E-state index is 12.9. The Morgan fingerprint density at radius 1 is 1.03 bits per heavy atom. The zero-order valence-electron chi connectivity index (χ0n) is 18.9. The summed E-state index contributed by atoms with van der Waals surface area (Å²) in [5.74, 6) is -0.302. The molecule has 1 fully saturated rings. The molecule has 0 bridgehead atoms. The third kappa shape index (κ3) is 7.41. The molecule has 2 amide bonds. The van der Waals surface area contributed by atoms with E-state index in [-0.39, 0.29) is 5.91 Å². The topological polar surface area (TPSA) is 58.6 Å². The molecule has 0 radical (unpaired) electrons. The second-order valence-corrected chi connectivity index (χ2v) is 12.3. The van der Waals surface area contributed by atoms with Gasteiger partial charge in [0, 0.05) is 10.6 Å². The molecule has 1 saturated heterocycles. The summed E-state index contributed by atoms with van der Waals surface area (Å²) >= 11 is 30.7. The fourth-order valence-corrected chi connectivity index (χ4v) is 4.99. The van der Waals surface area contributed by atoms with Crippen molar-refractivity contribution < 1.29 is 14.3 Å². The van der Waals surface area contributed by atoms with Gasteiger partial charge in [-0.05, 0) is 53.6 Å². The highest BCUT2D eigenvalue weighted by atomic mass is 35.6. The van der Waals surface area contributed by atoms with Gasteiger partial charge in [0.05, 0.1) is 11.4 Å². The van der Waals surface area contributed by atoms with E-state index < -0.39 is 15.9 Å². The van der Waals surface area contributed by atoms with Crippen molar-refractivity contribution in [2.75, 3.05) is 0 Å². The van der Waals surface area contributed by atoms with Crippen molar-refractivity contribution in [1.29, 1.82) is 0 Å². The first-order chi connectivity index (χ1) is 17.6. The predicted octanol–water partition coefficient (Wildman–Crippen LogP) is 7.25. The Balaban J connectivity index is 1.43. The fourth-order valence-electron chi connectivity index (χ4n) is 3.31. The van der Waals surface area contributed by atoms with E-state index in [9.17, 15) is 9.59 Å². The van der Waals surface area contributed by atoms with Crippen LogP contribution in [0, 0.1) is 0 Å². The van der Waals surface area contributed by atoms with Gasteiger partial charge in [0.25, 0.3) is 11.8 Å². The molecule has 1 aliphatic heterocycles. The second-order valence-electron chi connectivity index (χ2n) is 7.84. The van der Waals surface area contributed by atoms with Crippen LogP contribution in [0.5, 0.6) is 5.75 Å². The average molecular weight is 612 g/mol. The van der Waals surface area contributed by atoms with Gasteiger partial charge in [0.15, 0.2) is 0 Å². The molecular weight excluding hydrogens is 594 g/mol. The zero-order valence-corrected chi connectivity index (χ0v) is 23.5. The average Bonchev–Trinajstić information content (AvgIpc) is 3.12. The van der Waals surface area contributed by atoms with E-state index in [2.05, 4.69) is 5.32 Å². The van der Waals surface area contributed by atoms with Crippen molar-refractivity contribution in [2.24, 2.45) is 0 Å². The van der Waals surface area contributed by atoms with Crippen molar-refractivity contribution in [2.45, 2.75) is 16.6 Å². The van der Waals surface area contributed by atoms with Crippen LogP contribution in [0.1, 0.15) is 21.5 Å². The number of nitrogens with one attached hydrogen (secondary N) is 1. The van der Waals surface area contributed by atoms with Crippen LogP contribution in [0.15, 0.2) is 83.8 Å². The van der Waals surface area contributed by atoms with Crippen LogP contribution in [-0.2, 0) is 11.3 Å². The summed E-state index contributed by atoms with van der Waals surface area (Å²) in [5.41, 5.74) is 2.07. The first-order valence-corrected chi connectivity index (χ1v) is 13.5. The second kappa shape index (κ2) is 12.1. The molecule has 1 heterocycles. The predicted molar refractivity (Wildman–Crippen MR) is 155 cm³/mol. The Labute approximate surface area is 243 Å². The number of carbonyl (C=O) groups excluding carboxylic acids is 2. The SMILES string of the molecule is O=C(NC(Oc1ccc(/C=C2\SC(=S)N(Cc3ccccc3)C2=O)cc1)C(Cl)(Cl)Cl)c1ccc(Cl)cc1. The van der Waals surface area contributed by atoms with Gasteiger partial charge >= 0.3 is 0 Å². The molecule has 3 aromatic rings. The van der Waals surface area contributed by atoms with Gasteiger partial charge in [-0.15, -0.1) is 0 Å². The summed E-state index contributed by atoms with van der Waals surface area (Å²) in [4.78, 5) is 27.6. The number of carbonyl (C=O) groups is 2. The molecule has 1 unspecified atom stereocenters. The van der Waals surface area contributed by atoms with Crippen LogP contribution in [0.4, 0.5) is 0 Å². The molecular formula is C26H18Cl4N2O3S2. The summed E-state index contributed by atoms with van der Waals surface area (Å²) in [6.45, 7) is 0.412. The van der Waals surface area contributed by atoms with Gasteiger partial charge in [-0.3, -0.25) is 14.5 Å². The Kier molecular flexibility index (Phi) is 9.06. The quantitative estimate of drug-likeness (QED) is 0.132. The summed E-state index contributed by atoms with van der Waals surface area (Å²) in [6.07, 6.45) is 0.476. The Bertz CT molecular complexity index is 1330. The molecule has 4 rings (SSSR count). The minimum Gasteiger partial charge on any atom is -0.466 e. The molecule has 1 atom stereocenters. The van der Waals surface area contributed by atoms with Crippen LogP contribution >= 0.6 is 70.4 Å². The number of ether oxygens (including phenoxy) is 1. The molecule has 0 aliphatic carbocycles. The highest BCUT2D eigenvalue weighted by Crippen LogP contribution is 2.35. The third-order valence-electron chi connectivity index (χ3n) is 5.15. The normalized spacial score (nSPS) is 15.7. The smallest absolute Gasteiger partial charge is 0.266 e. The highest BCUT2D eigenvalue weighted by Gasteiger charge is 2.36. The van der Waals surface area contributed by atoms with Gasteiger partial charge in [0.2, 0.25) is 10.0 Å². The summed E-state index contributed by atoms with van der Waals surface area (Å²) < 4.78 is 4.32. The van der Waals surface area contributed by atoms with Crippen LogP contribution in [0.3, 0.4) is 0 Å². The summed E-state index contributed by atoms with van der Waals surface area (Å²) in [6, 6.07) is 22.7. The minimum absolute atomic E-state index is 0.152. The molecule has 37 heavy (non-hydrogen) atoms. The van der Waals surface area contributed by atoms with Gasteiger partial charge < -0.3 is 10.1 Å². The van der Waals surface area contributed by atoms with E-state index in [0.29, 0.717) is 32.1 Å². The number of thioether (sulfide) groups is 1. The van der Waals surface area contributed by atoms with E-state index in [4.69, 9.17) is 63.4 Å². The van der Waals surface area contributed by atoms with Gasteiger partial charge in [0.1, 0.15) is 10.1 Å². The van der Waals surface area contributed by atoms with Crippen LogP contribution < -0.4 is 10.1 Å². The lowest BCUT2D eigenvalue weighted by atomic mass is 10.2. The van der Waals surface area contributed by atoms with Gasteiger partial charge in [-0.1, -0.05) is 113 Å². The van der Waals surface area contributed by atoms with Crippen molar-refractivity contribution in [1.82, 2.24) is 10.2 Å². The molecule has 5 nitrogen and oxygen atoms in total. The molecule has 0 saturated carbocycles. The van der Waals surface area contributed by atoms with Gasteiger partial charge in [-0.2, -0.15) is 0 Å². The zero-order chi connectivity index (χ0) is 26.6.